The lowest BCUT2D eigenvalue weighted by Gasteiger charge is -1.99. The number of hydrogen-bond donors (Lipinski definition) is 1. The van der Waals surface area contributed by atoms with E-state index in [2.05, 4.69) is 24.0 Å². The highest BCUT2D eigenvalue weighted by atomic mass is 32.1. The lowest BCUT2D eigenvalue weighted by Crippen LogP contribution is -1.86. The molecule has 0 spiro atoms. The first-order chi connectivity index (χ1) is 6.68. The molecule has 2 nitrogen and oxygen atoms in total. The molecule has 1 aromatic heterocycles. The molecule has 0 saturated carbocycles. The van der Waals surface area contributed by atoms with Crippen LogP contribution in [0.1, 0.15) is 10.4 Å². The van der Waals surface area contributed by atoms with Gasteiger partial charge in [0, 0.05) is 10.4 Å². The molecular weight excluding hydrogens is 192 g/mol. The topological polar surface area (TPSA) is 38.9 Å². The number of thiazole rings is 1. The van der Waals surface area contributed by atoms with Crippen LogP contribution in [0.4, 0.5) is 5.82 Å². The summed E-state index contributed by atoms with van der Waals surface area (Å²) in [5.41, 5.74) is 8.14. The van der Waals surface area contributed by atoms with Crippen molar-refractivity contribution in [1.82, 2.24) is 4.98 Å². The van der Waals surface area contributed by atoms with E-state index in [0.717, 1.165) is 9.88 Å². The van der Waals surface area contributed by atoms with Gasteiger partial charge in [-0.2, -0.15) is 0 Å². The largest absolute Gasteiger partial charge is 0.383 e. The highest BCUT2D eigenvalue weighted by Crippen LogP contribution is 2.30. The van der Waals surface area contributed by atoms with Crippen LogP contribution >= 0.6 is 11.3 Å². The minimum Gasteiger partial charge on any atom is -0.383 e. The van der Waals surface area contributed by atoms with Crippen LogP contribution in [0.5, 0.6) is 0 Å². The number of nitrogens with zero attached hydrogens (tertiary/aromatic N) is 1. The van der Waals surface area contributed by atoms with Gasteiger partial charge < -0.3 is 5.73 Å². The van der Waals surface area contributed by atoms with E-state index in [1.807, 2.05) is 19.1 Å². The fourth-order valence-corrected chi connectivity index (χ4v) is 2.26. The zero-order valence-corrected chi connectivity index (χ0v) is 9.06. The van der Waals surface area contributed by atoms with Crippen molar-refractivity contribution in [3.05, 3.63) is 34.7 Å². The molecule has 0 fully saturated rings. The van der Waals surface area contributed by atoms with Crippen molar-refractivity contribution in [3.8, 4) is 10.6 Å². The summed E-state index contributed by atoms with van der Waals surface area (Å²) in [5, 5.41) is 1.01. The molecule has 0 amide bonds. The summed E-state index contributed by atoms with van der Waals surface area (Å²) < 4.78 is 0. The molecule has 0 aliphatic rings. The molecule has 2 aromatic rings. The Kier molecular flexibility index (Phi) is 2.25. The van der Waals surface area contributed by atoms with E-state index in [-0.39, 0.29) is 0 Å². The molecule has 0 bridgehead atoms. The van der Waals surface area contributed by atoms with Crippen LogP contribution in [0.3, 0.4) is 0 Å². The van der Waals surface area contributed by atoms with Crippen LogP contribution < -0.4 is 5.73 Å². The first-order valence-corrected chi connectivity index (χ1v) is 5.29. The standard InChI is InChI=1S/C11H12N2S/c1-7-5-3-4-6-9(7)11-13-10(12)8(2)14-11/h3-6H,12H2,1-2H3. The fraction of sp³-hybridized carbons (Fsp3) is 0.182. The van der Waals surface area contributed by atoms with Crippen LogP contribution in [-0.4, -0.2) is 4.98 Å². The van der Waals surface area contributed by atoms with Gasteiger partial charge >= 0.3 is 0 Å². The molecule has 0 aliphatic heterocycles. The van der Waals surface area contributed by atoms with E-state index >= 15 is 0 Å². The van der Waals surface area contributed by atoms with Crippen molar-refractivity contribution in [2.75, 3.05) is 5.73 Å². The lowest BCUT2D eigenvalue weighted by molar-refractivity contribution is 1.36. The second-order valence-corrected chi connectivity index (χ2v) is 4.48. The van der Waals surface area contributed by atoms with E-state index in [9.17, 15) is 0 Å². The lowest BCUT2D eigenvalue weighted by atomic mass is 10.1. The van der Waals surface area contributed by atoms with E-state index in [1.54, 1.807) is 11.3 Å². The third-order valence-corrected chi connectivity index (χ3v) is 3.23. The molecule has 3 heteroatoms. The summed E-state index contributed by atoms with van der Waals surface area (Å²) in [5.74, 6) is 0.647. The highest BCUT2D eigenvalue weighted by Gasteiger charge is 2.07. The number of nitrogen functional groups attached to an aromatic ring is 1. The zero-order chi connectivity index (χ0) is 10.1. The van der Waals surface area contributed by atoms with Crippen molar-refractivity contribution in [1.29, 1.82) is 0 Å². The zero-order valence-electron chi connectivity index (χ0n) is 8.24. The Bertz CT molecular complexity index is 441. The molecule has 72 valence electrons. The minimum absolute atomic E-state index is 0.647. The van der Waals surface area contributed by atoms with Crippen molar-refractivity contribution in [2.45, 2.75) is 13.8 Å². The van der Waals surface area contributed by atoms with E-state index < -0.39 is 0 Å². The second-order valence-electron chi connectivity index (χ2n) is 3.28. The van der Waals surface area contributed by atoms with Crippen LogP contribution in [0.2, 0.25) is 0 Å². The summed E-state index contributed by atoms with van der Waals surface area (Å²) in [7, 11) is 0. The first-order valence-electron chi connectivity index (χ1n) is 4.47. The number of rotatable bonds is 1. The van der Waals surface area contributed by atoms with Crippen LogP contribution in [0.25, 0.3) is 10.6 Å². The van der Waals surface area contributed by atoms with Crippen LogP contribution in [0, 0.1) is 13.8 Å². The van der Waals surface area contributed by atoms with E-state index in [4.69, 9.17) is 5.73 Å². The smallest absolute Gasteiger partial charge is 0.138 e. The summed E-state index contributed by atoms with van der Waals surface area (Å²) in [4.78, 5) is 5.42. The van der Waals surface area contributed by atoms with Gasteiger partial charge in [0.1, 0.15) is 10.8 Å². The van der Waals surface area contributed by atoms with Gasteiger partial charge in [0.25, 0.3) is 0 Å². The van der Waals surface area contributed by atoms with E-state index in [0.29, 0.717) is 5.82 Å². The van der Waals surface area contributed by atoms with E-state index in [1.165, 1.54) is 11.1 Å². The highest BCUT2D eigenvalue weighted by molar-refractivity contribution is 7.15. The maximum absolute atomic E-state index is 5.73. The van der Waals surface area contributed by atoms with Gasteiger partial charge in [0.2, 0.25) is 0 Å². The Hall–Kier alpha value is -1.35. The Balaban J connectivity index is 2.55. The summed E-state index contributed by atoms with van der Waals surface area (Å²) in [6.07, 6.45) is 0. The van der Waals surface area contributed by atoms with Crippen LogP contribution in [0.15, 0.2) is 24.3 Å². The van der Waals surface area contributed by atoms with Gasteiger partial charge in [-0.1, -0.05) is 24.3 Å². The molecule has 0 aliphatic carbocycles. The molecule has 2 N–H and O–H groups in total. The predicted molar refractivity (Wildman–Crippen MR) is 61.4 cm³/mol. The molecule has 0 saturated heterocycles. The molecule has 0 atom stereocenters. The number of aromatic nitrogens is 1. The fourth-order valence-electron chi connectivity index (χ4n) is 1.34. The molecule has 1 heterocycles. The third kappa shape index (κ3) is 1.51. The summed E-state index contributed by atoms with van der Waals surface area (Å²) in [6, 6.07) is 8.22. The monoisotopic (exact) mass is 204 g/mol. The first kappa shape index (κ1) is 9.21. The SMILES string of the molecule is Cc1ccccc1-c1nc(N)c(C)s1. The summed E-state index contributed by atoms with van der Waals surface area (Å²) in [6.45, 7) is 4.08. The molecule has 0 radical (unpaired) electrons. The Morgan fingerprint density at radius 3 is 2.50 bits per heavy atom. The Morgan fingerprint density at radius 2 is 1.93 bits per heavy atom. The quantitative estimate of drug-likeness (QED) is 0.775. The van der Waals surface area contributed by atoms with Crippen molar-refractivity contribution in [3.63, 3.8) is 0 Å². The van der Waals surface area contributed by atoms with Crippen molar-refractivity contribution in [2.24, 2.45) is 0 Å². The molecule has 2 rings (SSSR count). The average molecular weight is 204 g/mol. The Morgan fingerprint density at radius 1 is 1.21 bits per heavy atom. The number of anilines is 1. The predicted octanol–water partition coefficient (Wildman–Crippen LogP) is 3.01. The number of nitrogens with two attached hydrogens (primary N) is 1. The average Bonchev–Trinajstić information content (AvgIpc) is 2.48. The van der Waals surface area contributed by atoms with Crippen molar-refractivity contribution < 1.29 is 0 Å². The minimum atomic E-state index is 0.647. The van der Waals surface area contributed by atoms with Gasteiger partial charge in [-0.15, -0.1) is 11.3 Å². The van der Waals surface area contributed by atoms with Crippen LogP contribution in [-0.2, 0) is 0 Å². The van der Waals surface area contributed by atoms with Gasteiger partial charge in [-0.25, -0.2) is 4.98 Å². The number of benzene rings is 1. The van der Waals surface area contributed by atoms with Gasteiger partial charge in [0.05, 0.1) is 0 Å². The Labute approximate surface area is 87.4 Å². The number of aryl methyl sites for hydroxylation is 2. The molecule has 0 unspecified atom stereocenters. The second kappa shape index (κ2) is 3.42. The van der Waals surface area contributed by atoms with Gasteiger partial charge in [0.15, 0.2) is 0 Å². The van der Waals surface area contributed by atoms with Gasteiger partial charge in [-0.3, -0.25) is 0 Å². The van der Waals surface area contributed by atoms with Gasteiger partial charge in [-0.05, 0) is 19.4 Å². The summed E-state index contributed by atoms with van der Waals surface area (Å²) >= 11 is 1.65. The normalized spacial score (nSPS) is 10.4. The molecule has 14 heavy (non-hydrogen) atoms. The molecule has 1 aromatic carbocycles. The number of hydrogen-bond acceptors (Lipinski definition) is 3. The van der Waals surface area contributed by atoms with Crippen molar-refractivity contribution >= 4 is 17.2 Å². The maximum atomic E-state index is 5.73. The maximum Gasteiger partial charge on any atom is 0.138 e. The molecular formula is C11H12N2S. The third-order valence-electron chi connectivity index (χ3n) is 2.21.